The molecule has 10 rings (SSSR count). The second-order valence-electron chi connectivity index (χ2n) is 26.5. The highest BCUT2D eigenvalue weighted by Crippen LogP contribution is 2.46. The van der Waals surface area contributed by atoms with Crippen LogP contribution in [0.3, 0.4) is 0 Å². The lowest BCUT2D eigenvalue weighted by Crippen LogP contribution is -2.59. The van der Waals surface area contributed by atoms with E-state index in [2.05, 4.69) is 25.9 Å². The quantitative estimate of drug-likeness (QED) is 0.0291. The van der Waals surface area contributed by atoms with E-state index >= 15 is 4.79 Å². The minimum absolute atomic E-state index is 0.00727. The molecular formula is C72H91FN8O14S. The number of aliphatic hydroxyl groups is 1. The van der Waals surface area contributed by atoms with Crippen LogP contribution in [0.5, 0.6) is 40.2 Å². The first kappa shape index (κ1) is 70.3. The molecule has 96 heavy (non-hydrogen) atoms. The zero-order chi connectivity index (χ0) is 68.3. The maximum absolute atomic E-state index is 15.3. The number of ether oxygens (including phenoxy) is 8. The Hall–Kier alpha value is -8.51. The highest BCUT2D eigenvalue weighted by molar-refractivity contribution is 7.13. The average molecular weight is 1340 g/mol. The van der Waals surface area contributed by atoms with Crippen LogP contribution in [0.4, 0.5) is 4.39 Å². The molecule has 2 saturated heterocycles. The van der Waals surface area contributed by atoms with Gasteiger partial charge in [0, 0.05) is 44.6 Å². The van der Waals surface area contributed by atoms with E-state index in [1.165, 1.54) is 16.2 Å². The van der Waals surface area contributed by atoms with Gasteiger partial charge in [0.2, 0.25) is 23.5 Å². The number of thiazole rings is 1. The summed E-state index contributed by atoms with van der Waals surface area (Å²) in [5.74, 6) is 0.711. The number of nitrogens with zero attached hydrogens (tertiary/aromatic N) is 6. The van der Waals surface area contributed by atoms with E-state index in [1.54, 1.807) is 71.4 Å². The molecule has 2 saturated carbocycles. The smallest absolute Gasteiger partial charge is 0.329 e. The van der Waals surface area contributed by atoms with Crippen LogP contribution in [0.1, 0.15) is 150 Å². The maximum Gasteiger partial charge on any atom is 0.329 e. The number of hydrogen-bond donors (Lipinski definition) is 3. The number of aromatic nitrogens is 4. The van der Waals surface area contributed by atoms with Crippen molar-refractivity contribution in [3.05, 3.63) is 118 Å². The van der Waals surface area contributed by atoms with E-state index in [1.807, 2.05) is 85.9 Å². The van der Waals surface area contributed by atoms with Crippen LogP contribution in [0.2, 0.25) is 0 Å². The fraction of sp³-hybridized carbons (Fsp3) is 0.528. The molecule has 4 aliphatic rings. The summed E-state index contributed by atoms with van der Waals surface area (Å²) < 4.78 is 64.1. The standard InChI is InChI=1S/C72H91FN8O14S/c1-44-64(96-43-75-44)48-21-22-49(39-74-66(83)55-38-52(82)41-81(55)68(85)65(71(2,3)4)76-70(87)72(73)29-30-72)58(35-48)93-33-15-31-79-40-51(77-78-79)42-94-53-25-23-46(24-26-53)56(27-19-45-20-28-57(88-5)59(34-45)89-6)95-69(86)54-18-13-14-32-80(54)67(84)62(47-16-11-10-12-17-47)50-36-60(90-7)63(92-9)61(37-50)91-8/h20-26,28,34-37,40,43,47,52,54-56,62,65,82H,10-19,27,29-33,38-39,41-42H2,1-9H3,(H,74,83)(H,76,87)/t52-,54+,55+,56-,62+,65-/m1/s1. The Morgan fingerprint density at radius 3 is 2.16 bits per heavy atom. The molecule has 6 atom stereocenters. The summed E-state index contributed by atoms with van der Waals surface area (Å²) in [6, 6.07) is 19.7. The molecule has 2 aliphatic heterocycles. The van der Waals surface area contributed by atoms with Crippen molar-refractivity contribution in [3.63, 3.8) is 0 Å². The van der Waals surface area contributed by atoms with Gasteiger partial charge in [-0.05, 0) is 141 Å². The average Bonchev–Trinajstić information content (AvgIpc) is 0.925. The van der Waals surface area contributed by atoms with Crippen molar-refractivity contribution in [3.8, 4) is 50.7 Å². The van der Waals surface area contributed by atoms with Crippen LogP contribution in [0.15, 0.2) is 84.5 Å². The number of amides is 4. The van der Waals surface area contributed by atoms with Gasteiger partial charge >= 0.3 is 5.97 Å². The first-order valence-electron chi connectivity index (χ1n) is 33.3. The number of aliphatic hydroxyl groups excluding tert-OH is 1. The van der Waals surface area contributed by atoms with Gasteiger partial charge < -0.3 is 63.4 Å². The van der Waals surface area contributed by atoms with E-state index in [9.17, 15) is 28.7 Å². The fourth-order valence-corrected chi connectivity index (χ4v) is 14.1. The van der Waals surface area contributed by atoms with Crippen molar-refractivity contribution in [1.29, 1.82) is 0 Å². The number of esters is 1. The Labute approximate surface area is 564 Å². The molecule has 0 radical (unpaired) electrons. The number of rotatable bonds is 29. The van der Waals surface area contributed by atoms with Gasteiger partial charge in [0.15, 0.2) is 28.7 Å². The lowest BCUT2D eigenvalue weighted by molar-refractivity contribution is -0.163. The molecule has 0 unspecified atom stereocenters. The summed E-state index contributed by atoms with van der Waals surface area (Å²) in [5, 5.41) is 25.1. The number of halogens is 1. The van der Waals surface area contributed by atoms with E-state index in [4.69, 9.17) is 37.9 Å². The highest BCUT2D eigenvalue weighted by atomic mass is 32.1. The number of piperidine rings is 1. The number of benzene rings is 4. The van der Waals surface area contributed by atoms with E-state index in [0.29, 0.717) is 90.3 Å². The summed E-state index contributed by atoms with van der Waals surface area (Å²) in [6.07, 6.45) is 8.69. The summed E-state index contributed by atoms with van der Waals surface area (Å²) in [4.78, 5) is 79.5. The first-order valence-corrected chi connectivity index (χ1v) is 34.2. The van der Waals surface area contributed by atoms with Gasteiger partial charge in [-0.2, -0.15) is 0 Å². The van der Waals surface area contributed by atoms with Crippen molar-refractivity contribution in [1.82, 2.24) is 40.4 Å². The van der Waals surface area contributed by atoms with Crippen LogP contribution in [0.25, 0.3) is 10.4 Å². The third-order valence-corrected chi connectivity index (χ3v) is 19.8. The zero-order valence-electron chi connectivity index (χ0n) is 56.5. The maximum atomic E-state index is 15.3. The number of alkyl halides is 1. The molecule has 6 aromatic rings. The molecule has 0 bridgehead atoms. The number of nitrogens with one attached hydrogen (secondary N) is 2. The molecule has 2 aromatic heterocycles. The van der Waals surface area contributed by atoms with Crippen LogP contribution >= 0.6 is 11.3 Å². The summed E-state index contributed by atoms with van der Waals surface area (Å²) in [5.41, 5.74) is 4.46. The van der Waals surface area contributed by atoms with E-state index in [0.717, 1.165) is 77.8 Å². The predicted molar refractivity (Wildman–Crippen MR) is 357 cm³/mol. The molecule has 3 N–H and O–H groups in total. The second-order valence-corrected chi connectivity index (χ2v) is 27.4. The van der Waals surface area contributed by atoms with Crippen molar-refractivity contribution in [2.24, 2.45) is 11.3 Å². The highest BCUT2D eigenvalue weighted by Gasteiger charge is 2.53. The lowest BCUT2D eigenvalue weighted by atomic mass is 9.75. The summed E-state index contributed by atoms with van der Waals surface area (Å²) in [7, 11) is 7.87. The lowest BCUT2D eigenvalue weighted by Gasteiger charge is -2.40. The number of hydrogen-bond acceptors (Lipinski definition) is 18. The van der Waals surface area contributed by atoms with Gasteiger partial charge in [0.05, 0.1) is 76.5 Å². The minimum Gasteiger partial charge on any atom is -0.493 e. The molecule has 2 aliphatic carbocycles. The van der Waals surface area contributed by atoms with Gasteiger partial charge in [-0.1, -0.05) is 75.6 Å². The third-order valence-electron chi connectivity index (χ3n) is 18.8. The fourth-order valence-electron chi connectivity index (χ4n) is 13.3. The Kier molecular flexibility index (Phi) is 23.1. The molecule has 0 spiro atoms. The molecule has 4 amide bonds. The zero-order valence-corrected chi connectivity index (χ0v) is 57.3. The number of carbonyl (C=O) groups excluding carboxylic acids is 5. The third kappa shape index (κ3) is 16.8. The SMILES string of the molecule is COc1ccc(CC[C@@H](OC(=O)[C@@H]2CCCCN2C(=O)[C@H](c2cc(OC)c(OC)c(OC)c2)C2CCCCC2)c2ccc(OCc3cn(CCCOc4cc(-c5scnc5C)ccc4CNC(=O)[C@@H]4C[C@@H](O)CN4C(=O)[C@@H](NC(=O)C4(F)CC4)C(C)(C)C)nn3)cc2)cc1OC. The number of likely N-dealkylation sites (tertiary alicyclic amines) is 2. The molecule has 4 aromatic carbocycles. The van der Waals surface area contributed by atoms with Crippen molar-refractivity contribution >= 4 is 40.9 Å². The molecule has 4 fully saturated rings. The van der Waals surface area contributed by atoms with Crippen LogP contribution in [0, 0.1) is 18.3 Å². The monoisotopic (exact) mass is 1340 g/mol. The van der Waals surface area contributed by atoms with Crippen molar-refractivity contribution in [2.45, 2.75) is 179 Å². The largest absolute Gasteiger partial charge is 0.493 e. The predicted octanol–water partition coefficient (Wildman–Crippen LogP) is 10.4. The summed E-state index contributed by atoms with van der Waals surface area (Å²) in [6.45, 7) is 8.41. The Morgan fingerprint density at radius 2 is 1.49 bits per heavy atom. The van der Waals surface area contributed by atoms with E-state index < -0.39 is 71.0 Å². The van der Waals surface area contributed by atoms with Gasteiger partial charge in [-0.25, -0.2) is 14.2 Å². The Bertz CT molecular complexity index is 3650. The Morgan fingerprint density at radius 1 is 0.771 bits per heavy atom. The number of carbonyl (C=O) groups is 5. The molecular weight excluding hydrogens is 1250 g/mol. The normalized spacial score (nSPS) is 18.7. The first-order chi connectivity index (χ1) is 46.2. The summed E-state index contributed by atoms with van der Waals surface area (Å²) >= 11 is 1.50. The number of methoxy groups -OCH3 is 5. The van der Waals surface area contributed by atoms with Gasteiger partial charge in [0.1, 0.15) is 48.0 Å². The van der Waals surface area contributed by atoms with Gasteiger partial charge in [-0.3, -0.25) is 23.9 Å². The molecule has 24 heteroatoms. The van der Waals surface area contributed by atoms with Gasteiger partial charge in [0.25, 0.3) is 5.91 Å². The van der Waals surface area contributed by atoms with Gasteiger partial charge in [-0.15, -0.1) is 16.4 Å². The minimum atomic E-state index is -2.00. The number of aryl methyl sites for hydroxylation is 3. The van der Waals surface area contributed by atoms with Crippen molar-refractivity contribution in [2.75, 3.05) is 55.2 Å². The Balaban J connectivity index is 0.778. The van der Waals surface area contributed by atoms with E-state index in [-0.39, 0.29) is 57.4 Å². The van der Waals surface area contributed by atoms with Crippen LogP contribution in [-0.4, -0.2) is 150 Å². The molecule has 4 heterocycles. The molecule has 22 nitrogen and oxygen atoms in total. The topological polar surface area (TPSA) is 254 Å². The number of β-amino-alcohol motifs (C(OH)–C–C–N with tert-alkyl or cyclic N) is 1. The second kappa shape index (κ2) is 31.6. The van der Waals surface area contributed by atoms with Crippen LogP contribution < -0.4 is 43.8 Å². The van der Waals surface area contributed by atoms with Crippen molar-refractivity contribution < 1.29 is 71.4 Å². The van der Waals surface area contributed by atoms with Crippen LogP contribution in [-0.2, 0) is 54.8 Å². The molecule has 516 valence electrons.